The molecule has 2 atom stereocenters. The van der Waals surface area contributed by atoms with Gasteiger partial charge in [-0.15, -0.1) is 0 Å². The van der Waals surface area contributed by atoms with Gasteiger partial charge in [-0.25, -0.2) is 4.39 Å². The molecule has 6 heteroatoms. The SMILES string of the molecule is O=C([C@@H]1C[C@H](F)CN1C(=O)c1ccoc1)N1CCc2ccccc2C1. The first-order valence-electron chi connectivity index (χ1n) is 8.46. The first-order valence-corrected chi connectivity index (χ1v) is 8.46. The summed E-state index contributed by atoms with van der Waals surface area (Å²) in [4.78, 5) is 28.6. The van der Waals surface area contributed by atoms with Gasteiger partial charge >= 0.3 is 0 Å². The summed E-state index contributed by atoms with van der Waals surface area (Å²) in [7, 11) is 0. The molecule has 0 unspecified atom stereocenters. The standard InChI is InChI=1S/C19H19FN2O3/c20-16-9-17(22(11-16)18(23)15-6-8-25-12-15)19(24)21-7-5-13-3-1-2-4-14(13)10-21/h1-4,6,8,12,16-17H,5,7,9-11H2/t16-,17-/m0/s1. The van der Waals surface area contributed by atoms with E-state index in [1.807, 2.05) is 18.2 Å². The van der Waals surface area contributed by atoms with E-state index in [0.717, 1.165) is 12.0 Å². The van der Waals surface area contributed by atoms with E-state index in [1.54, 1.807) is 4.90 Å². The Bertz CT molecular complexity index is 790. The van der Waals surface area contributed by atoms with Gasteiger partial charge in [-0.2, -0.15) is 0 Å². The molecule has 2 aromatic rings. The Hall–Kier alpha value is -2.63. The van der Waals surface area contributed by atoms with Crippen LogP contribution in [0.25, 0.3) is 0 Å². The molecule has 4 rings (SSSR count). The second-order valence-corrected chi connectivity index (χ2v) is 6.60. The number of alkyl halides is 1. The van der Waals surface area contributed by atoms with Crippen molar-refractivity contribution in [3.05, 3.63) is 59.5 Å². The minimum absolute atomic E-state index is 0.0507. The zero-order chi connectivity index (χ0) is 17.4. The van der Waals surface area contributed by atoms with Crippen LogP contribution in [0.5, 0.6) is 0 Å². The maximum atomic E-state index is 14.0. The van der Waals surface area contributed by atoms with Gasteiger partial charge in [0.15, 0.2) is 0 Å². The van der Waals surface area contributed by atoms with Crippen LogP contribution in [-0.4, -0.2) is 46.9 Å². The largest absolute Gasteiger partial charge is 0.472 e. The van der Waals surface area contributed by atoms with E-state index in [2.05, 4.69) is 6.07 Å². The quantitative estimate of drug-likeness (QED) is 0.842. The van der Waals surface area contributed by atoms with E-state index in [-0.39, 0.29) is 24.8 Å². The topological polar surface area (TPSA) is 53.8 Å². The number of fused-ring (bicyclic) bond motifs is 1. The Kier molecular flexibility index (Phi) is 4.03. The normalized spacial score (nSPS) is 22.8. The van der Waals surface area contributed by atoms with Crippen molar-refractivity contribution in [3.63, 3.8) is 0 Å². The maximum Gasteiger partial charge on any atom is 0.257 e. The third kappa shape index (κ3) is 2.92. The van der Waals surface area contributed by atoms with Crippen molar-refractivity contribution in [1.82, 2.24) is 9.80 Å². The molecule has 0 N–H and O–H groups in total. The summed E-state index contributed by atoms with van der Waals surface area (Å²) >= 11 is 0. The number of hydrogen-bond donors (Lipinski definition) is 0. The summed E-state index contributed by atoms with van der Waals surface area (Å²) in [5.74, 6) is -0.531. The fourth-order valence-electron chi connectivity index (χ4n) is 3.69. The fraction of sp³-hybridized carbons (Fsp3) is 0.368. The Balaban J connectivity index is 1.53. The Morgan fingerprint density at radius 2 is 1.96 bits per heavy atom. The molecule has 1 aromatic heterocycles. The molecular formula is C19H19FN2O3. The average molecular weight is 342 g/mol. The fourth-order valence-corrected chi connectivity index (χ4v) is 3.69. The molecule has 0 saturated carbocycles. The van der Waals surface area contributed by atoms with Gasteiger partial charge in [0.05, 0.1) is 18.4 Å². The zero-order valence-corrected chi connectivity index (χ0v) is 13.7. The molecular weight excluding hydrogens is 323 g/mol. The molecule has 25 heavy (non-hydrogen) atoms. The smallest absolute Gasteiger partial charge is 0.257 e. The maximum absolute atomic E-state index is 14.0. The van der Waals surface area contributed by atoms with E-state index in [4.69, 9.17) is 4.42 Å². The van der Waals surface area contributed by atoms with Gasteiger partial charge in [-0.3, -0.25) is 9.59 Å². The van der Waals surface area contributed by atoms with Crippen LogP contribution in [0, 0.1) is 0 Å². The molecule has 0 radical (unpaired) electrons. The lowest BCUT2D eigenvalue weighted by Crippen LogP contribution is -2.49. The lowest BCUT2D eigenvalue weighted by molar-refractivity contribution is -0.136. The number of benzene rings is 1. The van der Waals surface area contributed by atoms with Gasteiger partial charge < -0.3 is 14.2 Å². The number of rotatable bonds is 2. The summed E-state index contributed by atoms with van der Waals surface area (Å²) in [6.45, 7) is 1.05. The molecule has 2 aliphatic heterocycles. The van der Waals surface area contributed by atoms with Crippen molar-refractivity contribution in [1.29, 1.82) is 0 Å². The predicted molar refractivity (Wildman–Crippen MR) is 88.6 cm³/mol. The lowest BCUT2D eigenvalue weighted by atomic mass is 9.99. The third-order valence-electron chi connectivity index (χ3n) is 5.01. The van der Waals surface area contributed by atoms with E-state index in [9.17, 15) is 14.0 Å². The van der Waals surface area contributed by atoms with E-state index < -0.39 is 12.2 Å². The van der Waals surface area contributed by atoms with Crippen molar-refractivity contribution in [2.75, 3.05) is 13.1 Å². The first kappa shape index (κ1) is 15.9. The summed E-state index contributed by atoms with van der Waals surface area (Å²) in [5, 5.41) is 0. The first-order chi connectivity index (χ1) is 12.1. The summed E-state index contributed by atoms with van der Waals surface area (Å²) in [5.41, 5.74) is 2.70. The van der Waals surface area contributed by atoms with Gasteiger partial charge in [-0.1, -0.05) is 24.3 Å². The highest BCUT2D eigenvalue weighted by Gasteiger charge is 2.42. The monoisotopic (exact) mass is 342 g/mol. The molecule has 2 aliphatic rings. The minimum Gasteiger partial charge on any atom is -0.472 e. The van der Waals surface area contributed by atoms with Gasteiger partial charge in [0.25, 0.3) is 5.91 Å². The number of likely N-dealkylation sites (tertiary alicyclic amines) is 1. The Labute approximate surface area is 145 Å². The summed E-state index contributed by atoms with van der Waals surface area (Å²) in [6.07, 6.45) is 2.38. The number of nitrogens with zero attached hydrogens (tertiary/aromatic N) is 2. The summed E-state index contributed by atoms with van der Waals surface area (Å²) in [6, 6.07) is 8.81. The molecule has 1 fully saturated rings. The van der Waals surface area contributed by atoms with Crippen molar-refractivity contribution in [2.45, 2.75) is 31.6 Å². The van der Waals surface area contributed by atoms with Crippen LogP contribution in [0.15, 0.2) is 47.3 Å². The van der Waals surface area contributed by atoms with Gasteiger partial charge in [0, 0.05) is 19.5 Å². The van der Waals surface area contributed by atoms with Crippen LogP contribution >= 0.6 is 0 Å². The molecule has 0 aliphatic carbocycles. The molecule has 130 valence electrons. The number of halogens is 1. The van der Waals surface area contributed by atoms with E-state index in [0.29, 0.717) is 18.7 Å². The van der Waals surface area contributed by atoms with Crippen LogP contribution < -0.4 is 0 Å². The Morgan fingerprint density at radius 3 is 2.72 bits per heavy atom. The van der Waals surface area contributed by atoms with Crippen LogP contribution in [0.4, 0.5) is 4.39 Å². The van der Waals surface area contributed by atoms with Gasteiger partial charge in [0.2, 0.25) is 5.91 Å². The van der Waals surface area contributed by atoms with Gasteiger partial charge in [-0.05, 0) is 23.6 Å². The summed E-state index contributed by atoms with van der Waals surface area (Å²) < 4.78 is 18.9. The van der Waals surface area contributed by atoms with Crippen LogP contribution in [0.1, 0.15) is 27.9 Å². The van der Waals surface area contributed by atoms with Crippen LogP contribution in [-0.2, 0) is 17.8 Å². The number of furan rings is 1. The molecule has 1 saturated heterocycles. The highest BCUT2D eigenvalue weighted by atomic mass is 19.1. The average Bonchev–Trinajstić information content (AvgIpc) is 3.30. The van der Waals surface area contributed by atoms with Crippen molar-refractivity contribution in [3.8, 4) is 0 Å². The van der Waals surface area contributed by atoms with Crippen molar-refractivity contribution >= 4 is 11.8 Å². The van der Waals surface area contributed by atoms with E-state index >= 15 is 0 Å². The van der Waals surface area contributed by atoms with Crippen LogP contribution in [0.3, 0.4) is 0 Å². The number of carbonyl (C=O) groups excluding carboxylic acids is 2. The zero-order valence-electron chi connectivity index (χ0n) is 13.7. The third-order valence-corrected chi connectivity index (χ3v) is 5.01. The van der Waals surface area contributed by atoms with Gasteiger partial charge in [0.1, 0.15) is 18.5 Å². The molecule has 1 aromatic carbocycles. The molecule has 2 amide bonds. The predicted octanol–water partition coefficient (Wildman–Crippen LogP) is 2.42. The minimum atomic E-state index is -1.18. The molecule has 5 nitrogen and oxygen atoms in total. The highest BCUT2D eigenvalue weighted by molar-refractivity contribution is 5.97. The number of carbonyl (C=O) groups is 2. The second-order valence-electron chi connectivity index (χ2n) is 6.60. The van der Waals surface area contributed by atoms with Crippen molar-refractivity contribution < 1.29 is 18.4 Å². The van der Waals surface area contributed by atoms with Crippen LogP contribution in [0.2, 0.25) is 0 Å². The van der Waals surface area contributed by atoms with Crippen molar-refractivity contribution in [2.24, 2.45) is 0 Å². The Morgan fingerprint density at radius 1 is 1.16 bits per heavy atom. The molecule has 3 heterocycles. The number of amides is 2. The van der Waals surface area contributed by atoms with E-state index in [1.165, 1.54) is 29.1 Å². The molecule has 0 bridgehead atoms. The highest BCUT2D eigenvalue weighted by Crippen LogP contribution is 2.27. The number of hydrogen-bond acceptors (Lipinski definition) is 3. The lowest BCUT2D eigenvalue weighted by Gasteiger charge is -2.33. The molecule has 0 spiro atoms. The second kappa shape index (κ2) is 6.35.